The van der Waals surface area contributed by atoms with Crippen LogP contribution in [0.4, 0.5) is 4.39 Å². The molecule has 4 aromatic rings. The highest BCUT2D eigenvalue weighted by Gasteiger charge is 2.22. The lowest BCUT2D eigenvalue weighted by molar-refractivity contribution is 0.0739. The van der Waals surface area contributed by atoms with Crippen molar-refractivity contribution in [3.63, 3.8) is 0 Å². The highest BCUT2D eigenvalue weighted by molar-refractivity contribution is 7.99. The molecule has 0 saturated heterocycles. The molecule has 0 amide bonds. The summed E-state index contributed by atoms with van der Waals surface area (Å²) in [6.45, 7) is 5.14. The molecule has 31 heavy (non-hydrogen) atoms. The molecule has 0 atom stereocenters. The number of pyridine rings is 2. The summed E-state index contributed by atoms with van der Waals surface area (Å²) in [6.07, 6.45) is 3.43. The van der Waals surface area contributed by atoms with Gasteiger partial charge in [0.1, 0.15) is 27.8 Å². The number of hydrogen-bond acceptors (Lipinski definition) is 5. The van der Waals surface area contributed by atoms with E-state index in [0.29, 0.717) is 17.1 Å². The molecule has 0 aliphatic heterocycles. The number of rotatable bonds is 5. The molecule has 1 N–H and O–H groups in total. The van der Waals surface area contributed by atoms with E-state index in [4.69, 9.17) is 4.98 Å². The van der Waals surface area contributed by atoms with Gasteiger partial charge in [0.2, 0.25) is 0 Å². The van der Waals surface area contributed by atoms with Crippen LogP contribution < -0.4 is 0 Å². The van der Waals surface area contributed by atoms with Crippen LogP contribution in [-0.2, 0) is 12.6 Å². The highest BCUT2D eigenvalue weighted by atomic mass is 32.2. The Morgan fingerprint density at radius 2 is 1.87 bits per heavy atom. The van der Waals surface area contributed by atoms with Crippen molar-refractivity contribution in [1.82, 2.24) is 19.5 Å². The Morgan fingerprint density at radius 3 is 2.48 bits per heavy atom. The van der Waals surface area contributed by atoms with E-state index < -0.39 is 5.60 Å². The second kappa shape index (κ2) is 8.24. The van der Waals surface area contributed by atoms with Gasteiger partial charge in [-0.15, -0.1) is 0 Å². The van der Waals surface area contributed by atoms with Crippen LogP contribution in [-0.4, -0.2) is 24.6 Å². The molecule has 7 heteroatoms. The van der Waals surface area contributed by atoms with E-state index in [1.807, 2.05) is 41.9 Å². The zero-order valence-corrected chi connectivity index (χ0v) is 18.6. The van der Waals surface area contributed by atoms with Crippen LogP contribution >= 0.6 is 11.8 Å². The molecule has 158 valence electrons. The predicted octanol–water partition coefficient (Wildman–Crippen LogP) is 5.37. The molecule has 0 spiro atoms. The van der Waals surface area contributed by atoms with Gasteiger partial charge in [0.15, 0.2) is 5.82 Å². The summed E-state index contributed by atoms with van der Waals surface area (Å²) in [7, 11) is 1.92. The fourth-order valence-corrected chi connectivity index (χ4v) is 4.16. The monoisotopic (exact) mass is 434 g/mol. The third-order valence-corrected chi connectivity index (χ3v) is 6.11. The lowest BCUT2D eigenvalue weighted by Crippen LogP contribution is -2.17. The minimum absolute atomic E-state index is 0.241. The smallest absolute Gasteiger partial charge is 0.159 e. The number of aryl methyl sites for hydroxylation is 1. The van der Waals surface area contributed by atoms with Gasteiger partial charge in [0.05, 0.1) is 5.69 Å². The largest absolute Gasteiger partial charge is 0.384 e. The normalized spacial score (nSPS) is 11.7. The second-order valence-corrected chi connectivity index (χ2v) is 8.93. The minimum atomic E-state index is -1.03. The van der Waals surface area contributed by atoms with Crippen molar-refractivity contribution >= 4 is 11.8 Å². The van der Waals surface area contributed by atoms with Crippen LogP contribution in [0.15, 0.2) is 70.8 Å². The maximum absolute atomic E-state index is 14.2. The van der Waals surface area contributed by atoms with Gasteiger partial charge in [-0.2, -0.15) is 0 Å². The fourth-order valence-electron chi connectivity index (χ4n) is 3.16. The van der Waals surface area contributed by atoms with E-state index in [1.54, 1.807) is 45.3 Å². The quantitative estimate of drug-likeness (QED) is 0.457. The Hall–Kier alpha value is -3.03. The summed E-state index contributed by atoms with van der Waals surface area (Å²) >= 11 is 1.44. The van der Waals surface area contributed by atoms with Crippen molar-refractivity contribution in [3.8, 4) is 22.8 Å². The molecular weight excluding hydrogens is 411 g/mol. The summed E-state index contributed by atoms with van der Waals surface area (Å²) in [5, 5.41) is 11.1. The first-order valence-electron chi connectivity index (χ1n) is 9.85. The van der Waals surface area contributed by atoms with E-state index in [9.17, 15) is 9.50 Å². The number of nitrogens with zero attached hydrogens (tertiary/aromatic N) is 4. The maximum Gasteiger partial charge on any atom is 0.159 e. The summed E-state index contributed by atoms with van der Waals surface area (Å²) in [5.74, 6) is 0.465. The van der Waals surface area contributed by atoms with Crippen LogP contribution in [0.25, 0.3) is 22.8 Å². The summed E-state index contributed by atoms with van der Waals surface area (Å²) < 4.78 is 16.1. The first-order valence-corrected chi connectivity index (χ1v) is 10.7. The lowest BCUT2D eigenvalue weighted by atomic mass is 10.0. The molecule has 0 aliphatic rings. The predicted molar refractivity (Wildman–Crippen MR) is 120 cm³/mol. The summed E-state index contributed by atoms with van der Waals surface area (Å²) in [5.41, 5.74) is 2.43. The summed E-state index contributed by atoms with van der Waals surface area (Å²) in [4.78, 5) is 14.5. The lowest BCUT2D eigenvalue weighted by Gasteiger charge is -2.16. The van der Waals surface area contributed by atoms with Crippen molar-refractivity contribution < 1.29 is 9.50 Å². The zero-order valence-electron chi connectivity index (χ0n) is 17.8. The minimum Gasteiger partial charge on any atom is -0.384 e. The first-order chi connectivity index (χ1) is 14.7. The van der Waals surface area contributed by atoms with Crippen LogP contribution in [0.3, 0.4) is 0 Å². The third kappa shape index (κ3) is 4.38. The van der Waals surface area contributed by atoms with Crippen LogP contribution in [0, 0.1) is 12.7 Å². The number of aliphatic hydroxyl groups is 1. The molecule has 0 aliphatic carbocycles. The first kappa shape index (κ1) is 21.2. The molecule has 5 nitrogen and oxygen atoms in total. The van der Waals surface area contributed by atoms with Gasteiger partial charge in [-0.3, -0.25) is 9.97 Å². The van der Waals surface area contributed by atoms with Gasteiger partial charge >= 0.3 is 0 Å². The van der Waals surface area contributed by atoms with Crippen molar-refractivity contribution in [2.75, 3.05) is 0 Å². The number of imidazole rings is 1. The number of benzene rings is 1. The Bertz CT molecular complexity index is 1220. The fraction of sp³-hybridized carbons (Fsp3) is 0.208. The van der Waals surface area contributed by atoms with Crippen LogP contribution in [0.1, 0.15) is 25.1 Å². The number of aromatic nitrogens is 4. The average Bonchev–Trinajstić information content (AvgIpc) is 3.07. The molecule has 0 unspecified atom stereocenters. The molecule has 0 bridgehead atoms. The third-order valence-electron chi connectivity index (χ3n) is 4.96. The average molecular weight is 435 g/mol. The van der Waals surface area contributed by atoms with Crippen LogP contribution in [0.2, 0.25) is 0 Å². The Balaban J connectivity index is 1.83. The second-order valence-electron chi connectivity index (χ2n) is 7.87. The van der Waals surface area contributed by atoms with Gasteiger partial charge < -0.3 is 9.67 Å². The zero-order chi connectivity index (χ0) is 22.2. The van der Waals surface area contributed by atoms with Crippen molar-refractivity contribution in [1.29, 1.82) is 0 Å². The van der Waals surface area contributed by atoms with Crippen LogP contribution in [0.5, 0.6) is 0 Å². The van der Waals surface area contributed by atoms with Gasteiger partial charge in [-0.1, -0.05) is 23.9 Å². The van der Waals surface area contributed by atoms with Gasteiger partial charge in [-0.05, 0) is 62.7 Å². The van der Waals surface area contributed by atoms with E-state index in [-0.39, 0.29) is 5.82 Å². The Morgan fingerprint density at radius 1 is 1.06 bits per heavy atom. The SMILES string of the molecule is Cc1ccc(Sc2c(-c3ccc(C(C)(C)O)nc3)nc(-c3ccccn3)n2C)cc1F. The van der Waals surface area contributed by atoms with E-state index in [2.05, 4.69) is 9.97 Å². The highest BCUT2D eigenvalue weighted by Crippen LogP contribution is 2.38. The Labute approximate surface area is 185 Å². The standard InChI is InChI=1S/C24H23FN4OS/c1-15-8-10-17(13-18(15)25)31-23-21(16-9-11-20(27-14-16)24(2,3)30)28-22(29(23)4)19-7-5-6-12-26-19/h5-14,30H,1-4H3. The topological polar surface area (TPSA) is 63.8 Å². The van der Waals surface area contributed by atoms with Gasteiger partial charge in [0.25, 0.3) is 0 Å². The molecule has 0 fully saturated rings. The number of hydrogen-bond donors (Lipinski definition) is 1. The molecule has 0 saturated carbocycles. The molecule has 0 radical (unpaired) electrons. The van der Waals surface area contributed by atoms with Crippen molar-refractivity contribution in [2.45, 2.75) is 36.3 Å². The van der Waals surface area contributed by atoms with Gasteiger partial charge in [0, 0.05) is 29.9 Å². The molecular formula is C24H23FN4OS. The van der Waals surface area contributed by atoms with Crippen molar-refractivity contribution in [3.05, 3.63) is 78.0 Å². The molecule has 1 aromatic carbocycles. The number of halogens is 1. The van der Waals surface area contributed by atoms with E-state index in [0.717, 1.165) is 26.9 Å². The molecule has 4 rings (SSSR count). The summed E-state index contributed by atoms with van der Waals surface area (Å²) in [6, 6.07) is 14.6. The van der Waals surface area contributed by atoms with E-state index >= 15 is 0 Å². The maximum atomic E-state index is 14.2. The molecule has 3 heterocycles. The molecule has 3 aromatic heterocycles. The van der Waals surface area contributed by atoms with Crippen molar-refractivity contribution in [2.24, 2.45) is 7.05 Å². The Kier molecular flexibility index (Phi) is 5.64. The van der Waals surface area contributed by atoms with Gasteiger partial charge in [-0.25, -0.2) is 9.37 Å². The van der Waals surface area contributed by atoms with E-state index in [1.165, 1.54) is 17.8 Å².